The van der Waals surface area contributed by atoms with E-state index in [2.05, 4.69) is 4.98 Å². The third kappa shape index (κ3) is 3.96. The van der Waals surface area contributed by atoms with E-state index < -0.39 is 0 Å². The number of nitrogens with zero attached hydrogens (tertiary/aromatic N) is 2. The van der Waals surface area contributed by atoms with Crippen molar-refractivity contribution in [1.29, 1.82) is 5.26 Å². The third-order valence-corrected chi connectivity index (χ3v) is 1.74. The first kappa shape index (κ1) is 11.5. The summed E-state index contributed by atoms with van der Waals surface area (Å²) in [6, 6.07) is 5.30. The van der Waals surface area contributed by atoms with Gasteiger partial charge in [-0.1, -0.05) is 0 Å². The molecule has 0 aliphatic heterocycles. The molecule has 1 aromatic heterocycles. The SMILES string of the molecule is CCOCC(C)Oc1ccnc(C#N)c1. The number of hydrogen-bond donors (Lipinski definition) is 0. The fourth-order valence-corrected chi connectivity index (χ4v) is 1.10. The second-order valence-corrected chi connectivity index (χ2v) is 3.08. The standard InChI is InChI=1S/C11H14N2O2/c1-3-14-8-9(2)15-11-4-5-13-10(6-11)7-12/h4-6,9H,3,8H2,1-2H3. The topological polar surface area (TPSA) is 55.1 Å². The second-order valence-electron chi connectivity index (χ2n) is 3.08. The minimum absolute atomic E-state index is 0.0288. The molecular formula is C11H14N2O2. The molecule has 0 aromatic carbocycles. The zero-order valence-electron chi connectivity index (χ0n) is 8.93. The van der Waals surface area contributed by atoms with Crippen LogP contribution in [0.1, 0.15) is 19.5 Å². The van der Waals surface area contributed by atoms with Crippen molar-refractivity contribution < 1.29 is 9.47 Å². The van der Waals surface area contributed by atoms with Gasteiger partial charge in [0, 0.05) is 18.9 Å². The molecule has 1 rings (SSSR count). The number of nitriles is 1. The van der Waals surface area contributed by atoms with Gasteiger partial charge in [-0.25, -0.2) is 4.98 Å². The Kier molecular flexibility index (Phi) is 4.58. The van der Waals surface area contributed by atoms with Gasteiger partial charge in [0.1, 0.15) is 23.6 Å². The van der Waals surface area contributed by atoms with Crippen LogP contribution in [0.3, 0.4) is 0 Å². The summed E-state index contributed by atoms with van der Waals surface area (Å²) in [6.45, 7) is 5.07. The first-order chi connectivity index (χ1) is 7.26. The normalized spacial score (nSPS) is 11.8. The van der Waals surface area contributed by atoms with Crippen LogP contribution in [0.25, 0.3) is 0 Å². The minimum atomic E-state index is -0.0288. The zero-order chi connectivity index (χ0) is 11.1. The van der Waals surface area contributed by atoms with Crippen molar-refractivity contribution in [2.75, 3.05) is 13.2 Å². The highest BCUT2D eigenvalue weighted by molar-refractivity contribution is 5.29. The number of hydrogen-bond acceptors (Lipinski definition) is 4. The maximum Gasteiger partial charge on any atom is 0.144 e. The lowest BCUT2D eigenvalue weighted by atomic mass is 10.3. The number of rotatable bonds is 5. The van der Waals surface area contributed by atoms with Crippen LogP contribution in [-0.4, -0.2) is 24.3 Å². The summed E-state index contributed by atoms with van der Waals surface area (Å²) in [5.41, 5.74) is 0.358. The molecule has 1 aromatic rings. The molecule has 0 amide bonds. The van der Waals surface area contributed by atoms with Gasteiger partial charge < -0.3 is 9.47 Å². The summed E-state index contributed by atoms with van der Waals surface area (Å²) in [5.74, 6) is 0.647. The monoisotopic (exact) mass is 206 g/mol. The quantitative estimate of drug-likeness (QED) is 0.736. The van der Waals surface area contributed by atoms with Gasteiger partial charge in [0.25, 0.3) is 0 Å². The lowest BCUT2D eigenvalue weighted by Gasteiger charge is -2.14. The summed E-state index contributed by atoms with van der Waals surface area (Å²) in [4.78, 5) is 3.85. The van der Waals surface area contributed by atoms with Gasteiger partial charge in [0.2, 0.25) is 0 Å². The molecule has 15 heavy (non-hydrogen) atoms. The smallest absolute Gasteiger partial charge is 0.144 e. The molecule has 0 fully saturated rings. The molecule has 0 N–H and O–H groups in total. The van der Waals surface area contributed by atoms with E-state index in [0.29, 0.717) is 24.7 Å². The lowest BCUT2D eigenvalue weighted by molar-refractivity contribution is 0.0656. The Hall–Kier alpha value is -1.60. The molecule has 0 spiro atoms. The van der Waals surface area contributed by atoms with Crippen LogP contribution in [0.4, 0.5) is 0 Å². The van der Waals surface area contributed by atoms with E-state index in [9.17, 15) is 0 Å². The largest absolute Gasteiger partial charge is 0.488 e. The maximum absolute atomic E-state index is 8.64. The fourth-order valence-electron chi connectivity index (χ4n) is 1.10. The van der Waals surface area contributed by atoms with E-state index in [1.165, 1.54) is 0 Å². The van der Waals surface area contributed by atoms with Crippen molar-refractivity contribution in [1.82, 2.24) is 4.98 Å². The molecule has 1 unspecified atom stereocenters. The molecule has 4 nitrogen and oxygen atoms in total. The van der Waals surface area contributed by atoms with Gasteiger partial charge in [0.15, 0.2) is 0 Å². The third-order valence-electron chi connectivity index (χ3n) is 1.74. The summed E-state index contributed by atoms with van der Waals surface area (Å²) in [7, 11) is 0. The average molecular weight is 206 g/mol. The van der Waals surface area contributed by atoms with Gasteiger partial charge in [-0.2, -0.15) is 5.26 Å². The number of ether oxygens (including phenoxy) is 2. The van der Waals surface area contributed by atoms with E-state index >= 15 is 0 Å². The van der Waals surface area contributed by atoms with Crippen molar-refractivity contribution in [2.45, 2.75) is 20.0 Å². The predicted octanol–water partition coefficient (Wildman–Crippen LogP) is 1.76. The molecule has 0 bridgehead atoms. The molecule has 1 atom stereocenters. The Morgan fingerprint density at radius 1 is 1.60 bits per heavy atom. The van der Waals surface area contributed by atoms with E-state index in [0.717, 1.165) is 0 Å². The van der Waals surface area contributed by atoms with Crippen LogP contribution in [0.5, 0.6) is 5.75 Å². The van der Waals surface area contributed by atoms with Crippen molar-refractivity contribution in [3.05, 3.63) is 24.0 Å². The van der Waals surface area contributed by atoms with Crippen LogP contribution in [-0.2, 0) is 4.74 Å². The van der Waals surface area contributed by atoms with Crippen molar-refractivity contribution in [3.8, 4) is 11.8 Å². The fraction of sp³-hybridized carbons (Fsp3) is 0.455. The lowest BCUT2D eigenvalue weighted by Crippen LogP contribution is -2.19. The van der Waals surface area contributed by atoms with Crippen LogP contribution >= 0.6 is 0 Å². The van der Waals surface area contributed by atoms with Crippen LogP contribution < -0.4 is 4.74 Å². The Labute approximate surface area is 89.5 Å². The molecular weight excluding hydrogens is 192 g/mol. The molecule has 80 valence electrons. The highest BCUT2D eigenvalue weighted by Crippen LogP contribution is 2.12. The molecule has 0 saturated carbocycles. The Bertz CT molecular complexity index is 347. The van der Waals surface area contributed by atoms with Crippen molar-refractivity contribution >= 4 is 0 Å². The molecule has 0 aliphatic rings. The molecule has 0 aliphatic carbocycles. The first-order valence-corrected chi connectivity index (χ1v) is 4.86. The maximum atomic E-state index is 8.64. The van der Waals surface area contributed by atoms with E-state index in [4.69, 9.17) is 14.7 Å². The summed E-state index contributed by atoms with van der Waals surface area (Å²) in [6.07, 6.45) is 1.53. The van der Waals surface area contributed by atoms with Gasteiger partial charge >= 0.3 is 0 Å². The summed E-state index contributed by atoms with van der Waals surface area (Å²) >= 11 is 0. The Morgan fingerprint density at radius 3 is 3.07 bits per heavy atom. The van der Waals surface area contributed by atoms with Crippen LogP contribution in [0.15, 0.2) is 18.3 Å². The van der Waals surface area contributed by atoms with Crippen molar-refractivity contribution in [2.24, 2.45) is 0 Å². The highest BCUT2D eigenvalue weighted by atomic mass is 16.5. The Balaban J connectivity index is 2.53. The summed E-state index contributed by atoms with van der Waals surface area (Å²) < 4.78 is 10.8. The van der Waals surface area contributed by atoms with Gasteiger partial charge in [-0.05, 0) is 19.9 Å². The van der Waals surface area contributed by atoms with E-state index in [-0.39, 0.29) is 6.10 Å². The van der Waals surface area contributed by atoms with Gasteiger partial charge in [0.05, 0.1) is 6.61 Å². The molecule has 0 saturated heterocycles. The molecule has 1 heterocycles. The zero-order valence-corrected chi connectivity index (χ0v) is 8.93. The summed E-state index contributed by atoms with van der Waals surface area (Å²) in [5, 5.41) is 8.64. The van der Waals surface area contributed by atoms with Crippen molar-refractivity contribution in [3.63, 3.8) is 0 Å². The van der Waals surface area contributed by atoms with E-state index in [1.807, 2.05) is 19.9 Å². The highest BCUT2D eigenvalue weighted by Gasteiger charge is 2.04. The van der Waals surface area contributed by atoms with Crippen LogP contribution in [0.2, 0.25) is 0 Å². The molecule has 4 heteroatoms. The molecule has 0 radical (unpaired) electrons. The number of aromatic nitrogens is 1. The average Bonchev–Trinajstić information content (AvgIpc) is 2.26. The second kappa shape index (κ2) is 5.99. The van der Waals surface area contributed by atoms with E-state index in [1.54, 1.807) is 18.3 Å². The van der Waals surface area contributed by atoms with Crippen LogP contribution in [0, 0.1) is 11.3 Å². The first-order valence-electron chi connectivity index (χ1n) is 4.86. The number of pyridine rings is 1. The van der Waals surface area contributed by atoms with Gasteiger partial charge in [-0.15, -0.1) is 0 Å². The minimum Gasteiger partial charge on any atom is -0.488 e. The van der Waals surface area contributed by atoms with Gasteiger partial charge in [-0.3, -0.25) is 0 Å². The predicted molar refractivity (Wildman–Crippen MR) is 55.5 cm³/mol. The Morgan fingerprint density at radius 2 is 2.40 bits per heavy atom.